The number of carbonyl (C=O) groups is 1. The summed E-state index contributed by atoms with van der Waals surface area (Å²) in [6.07, 6.45) is 1.11. The maximum Gasteiger partial charge on any atom is 0.220 e. The highest BCUT2D eigenvalue weighted by molar-refractivity contribution is 5.76. The topological polar surface area (TPSA) is 29.1 Å². The normalized spacial score (nSPS) is 10.3. The number of rotatable bonds is 5. The summed E-state index contributed by atoms with van der Waals surface area (Å²) >= 11 is 0. The van der Waals surface area contributed by atoms with E-state index in [9.17, 15) is 9.18 Å². The number of carbonyl (C=O) groups excluding carboxylic acids is 1. The van der Waals surface area contributed by atoms with Crippen molar-refractivity contribution in [3.8, 4) is 0 Å². The standard InChI is InChI=1S/C17H18FNO/c1-13-6-8-14(9-7-13)10-11-17(20)19-12-15-4-2-3-5-16(15)18/h2-9H,10-12H2,1H3,(H,19,20). The molecule has 1 N–H and O–H groups in total. The number of amides is 1. The number of hydrogen-bond donors (Lipinski definition) is 1. The van der Waals surface area contributed by atoms with Crippen LogP contribution in [0.3, 0.4) is 0 Å². The summed E-state index contributed by atoms with van der Waals surface area (Å²) in [7, 11) is 0. The molecule has 0 bridgehead atoms. The summed E-state index contributed by atoms with van der Waals surface area (Å²) in [5.74, 6) is -0.347. The van der Waals surface area contributed by atoms with Crippen LogP contribution in [0.25, 0.3) is 0 Å². The fourth-order valence-electron chi connectivity index (χ4n) is 1.94. The van der Waals surface area contributed by atoms with E-state index in [1.54, 1.807) is 18.2 Å². The minimum atomic E-state index is -0.286. The molecule has 2 aromatic rings. The summed E-state index contributed by atoms with van der Waals surface area (Å²) in [5.41, 5.74) is 2.85. The molecule has 0 aliphatic rings. The Morgan fingerprint density at radius 3 is 2.50 bits per heavy atom. The Labute approximate surface area is 118 Å². The number of aryl methyl sites for hydroxylation is 2. The molecule has 1 amide bonds. The maximum atomic E-state index is 13.4. The lowest BCUT2D eigenvalue weighted by atomic mass is 10.1. The molecule has 0 aromatic heterocycles. The van der Waals surface area contributed by atoms with Gasteiger partial charge < -0.3 is 5.32 Å². The van der Waals surface area contributed by atoms with Gasteiger partial charge in [-0.15, -0.1) is 0 Å². The Hall–Kier alpha value is -2.16. The van der Waals surface area contributed by atoms with Crippen LogP contribution in [-0.2, 0) is 17.8 Å². The Morgan fingerprint density at radius 1 is 1.10 bits per heavy atom. The number of nitrogens with one attached hydrogen (secondary N) is 1. The molecular weight excluding hydrogens is 253 g/mol. The van der Waals surface area contributed by atoms with Crippen LogP contribution in [0, 0.1) is 12.7 Å². The van der Waals surface area contributed by atoms with Gasteiger partial charge in [0.05, 0.1) is 0 Å². The number of benzene rings is 2. The highest BCUT2D eigenvalue weighted by Crippen LogP contribution is 2.07. The summed E-state index contributed by atoms with van der Waals surface area (Å²) < 4.78 is 13.4. The second kappa shape index (κ2) is 6.85. The summed E-state index contributed by atoms with van der Waals surface area (Å²) in [5, 5.41) is 2.74. The molecule has 2 nitrogen and oxygen atoms in total. The van der Waals surface area contributed by atoms with Crippen molar-refractivity contribution in [2.75, 3.05) is 0 Å². The van der Waals surface area contributed by atoms with Crippen LogP contribution < -0.4 is 5.32 Å². The average molecular weight is 271 g/mol. The van der Waals surface area contributed by atoms with E-state index in [1.807, 2.05) is 31.2 Å². The maximum absolute atomic E-state index is 13.4. The van der Waals surface area contributed by atoms with Gasteiger partial charge in [0.2, 0.25) is 5.91 Å². The van der Waals surface area contributed by atoms with E-state index in [4.69, 9.17) is 0 Å². The van der Waals surface area contributed by atoms with Gasteiger partial charge >= 0.3 is 0 Å². The lowest BCUT2D eigenvalue weighted by Crippen LogP contribution is -2.23. The zero-order valence-electron chi connectivity index (χ0n) is 11.5. The van der Waals surface area contributed by atoms with Gasteiger partial charge in [0.15, 0.2) is 0 Å². The van der Waals surface area contributed by atoms with Crippen LogP contribution in [0.5, 0.6) is 0 Å². The van der Waals surface area contributed by atoms with Crippen molar-refractivity contribution < 1.29 is 9.18 Å². The van der Waals surface area contributed by atoms with E-state index in [0.717, 1.165) is 5.56 Å². The van der Waals surface area contributed by atoms with Gasteiger partial charge in [-0.05, 0) is 25.0 Å². The largest absolute Gasteiger partial charge is 0.352 e. The molecule has 0 saturated heterocycles. The van der Waals surface area contributed by atoms with Gasteiger partial charge in [0.25, 0.3) is 0 Å². The van der Waals surface area contributed by atoms with Gasteiger partial charge in [-0.3, -0.25) is 4.79 Å². The Balaban J connectivity index is 1.78. The third-order valence-electron chi connectivity index (χ3n) is 3.20. The smallest absolute Gasteiger partial charge is 0.220 e. The fourth-order valence-corrected chi connectivity index (χ4v) is 1.94. The van der Waals surface area contributed by atoms with Crippen LogP contribution >= 0.6 is 0 Å². The predicted octanol–water partition coefficient (Wildman–Crippen LogP) is 3.38. The van der Waals surface area contributed by atoms with Crippen molar-refractivity contribution in [3.05, 3.63) is 71.0 Å². The molecule has 0 fully saturated rings. The molecule has 0 spiro atoms. The Bertz CT molecular complexity index is 578. The minimum Gasteiger partial charge on any atom is -0.352 e. The number of halogens is 1. The van der Waals surface area contributed by atoms with Gasteiger partial charge in [-0.2, -0.15) is 0 Å². The molecule has 0 heterocycles. The fraction of sp³-hybridized carbons (Fsp3) is 0.235. The molecule has 0 saturated carbocycles. The van der Waals surface area contributed by atoms with E-state index >= 15 is 0 Å². The summed E-state index contributed by atoms with van der Waals surface area (Å²) in [6, 6.07) is 14.6. The SMILES string of the molecule is Cc1ccc(CCC(=O)NCc2ccccc2F)cc1. The van der Waals surface area contributed by atoms with E-state index in [1.165, 1.54) is 11.6 Å². The van der Waals surface area contributed by atoms with Crippen LogP contribution in [0.2, 0.25) is 0 Å². The Morgan fingerprint density at radius 2 is 1.80 bits per heavy atom. The first kappa shape index (κ1) is 14.3. The minimum absolute atomic E-state index is 0.0613. The molecular formula is C17H18FNO. The number of hydrogen-bond acceptors (Lipinski definition) is 1. The predicted molar refractivity (Wildman–Crippen MR) is 77.7 cm³/mol. The van der Waals surface area contributed by atoms with E-state index < -0.39 is 0 Å². The highest BCUT2D eigenvalue weighted by atomic mass is 19.1. The molecule has 0 radical (unpaired) electrons. The summed E-state index contributed by atoms with van der Waals surface area (Å²) in [4.78, 5) is 11.7. The molecule has 20 heavy (non-hydrogen) atoms. The second-order valence-electron chi connectivity index (χ2n) is 4.85. The molecule has 2 rings (SSSR count). The van der Waals surface area contributed by atoms with E-state index in [2.05, 4.69) is 5.32 Å². The van der Waals surface area contributed by atoms with Crippen LogP contribution in [0.1, 0.15) is 23.1 Å². The quantitative estimate of drug-likeness (QED) is 0.887. The second-order valence-corrected chi connectivity index (χ2v) is 4.85. The van der Waals surface area contributed by atoms with E-state index in [-0.39, 0.29) is 18.3 Å². The first-order chi connectivity index (χ1) is 9.65. The van der Waals surface area contributed by atoms with Crippen LogP contribution in [-0.4, -0.2) is 5.91 Å². The monoisotopic (exact) mass is 271 g/mol. The van der Waals surface area contributed by atoms with Crippen LogP contribution in [0.15, 0.2) is 48.5 Å². The van der Waals surface area contributed by atoms with Crippen molar-refractivity contribution in [3.63, 3.8) is 0 Å². The van der Waals surface area contributed by atoms with Gasteiger partial charge in [-0.25, -0.2) is 4.39 Å². The molecule has 0 aliphatic carbocycles. The third kappa shape index (κ3) is 4.19. The molecule has 0 aliphatic heterocycles. The molecule has 0 unspecified atom stereocenters. The van der Waals surface area contributed by atoms with Crippen molar-refractivity contribution in [2.45, 2.75) is 26.3 Å². The lowest BCUT2D eigenvalue weighted by Gasteiger charge is -2.06. The Kier molecular flexibility index (Phi) is 4.88. The van der Waals surface area contributed by atoms with Crippen molar-refractivity contribution in [1.82, 2.24) is 5.32 Å². The van der Waals surface area contributed by atoms with Gasteiger partial charge in [0, 0.05) is 18.5 Å². The van der Waals surface area contributed by atoms with Crippen molar-refractivity contribution in [2.24, 2.45) is 0 Å². The average Bonchev–Trinajstić information content (AvgIpc) is 2.46. The molecule has 0 atom stereocenters. The zero-order chi connectivity index (χ0) is 14.4. The first-order valence-electron chi connectivity index (χ1n) is 6.71. The summed E-state index contributed by atoms with van der Waals surface area (Å²) in [6.45, 7) is 2.27. The lowest BCUT2D eigenvalue weighted by molar-refractivity contribution is -0.121. The van der Waals surface area contributed by atoms with E-state index in [0.29, 0.717) is 18.4 Å². The third-order valence-corrected chi connectivity index (χ3v) is 3.20. The molecule has 3 heteroatoms. The highest BCUT2D eigenvalue weighted by Gasteiger charge is 2.05. The van der Waals surface area contributed by atoms with Crippen molar-refractivity contribution >= 4 is 5.91 Å². The molecule has 104 valence electrons. The van der Waals surface area contributed by atoms with Crippen LogP contribution in [0.4, 0.5) is 4.39 Å². The van der Waals surface area contributed by atoms with Gasteiger partial charge in [0.1, 0.15) is 5.82 Å². The first-order valence-corrected chi connectivity index (χ1v) is 6.71. The van der Waals surface area contributed by atoms with Crippen molar-refractivity contribution in [1.29, 1.82) is 0 Å². The van der Waals surface area contributed by atoms with Gasteiger partial charge in [-0.1, -0.05) is 48.0 Å². The zero-order valence-corrected chi connectivity index (χ0v) is 11.5. The molecule has 2 aromatic carbocycles.